The molecule has 4 aromatic rings. The molecule has 0 saturated carbocycles. The van der Waals surface area contributed by atoms with Crippen LogP contribution in [0.15, 0.2) is 85.1 Å². The number of hydrogen-bond donors (Lipinski definition) is 1. The summed E-state index contributed by atoms with van der Waals surface area (Å²) in [7, 11) is 0. The monoisotopic (exact) mass is 400 g/mol. The third-order valence-corrected chi connectivity index (χ3v) is 4.99. The number of aromatic nitrogens is 3. The van der Waals surface area contributed by atoms with E-state index in [1.807, 2.05) is 55.5 Å². The molecule has 2 aromatic heterocycles. The van der Waals surface area contributed by atoms with Crippen molar-refractivity contribution in [2.45, 2.75) is 19.5 Å². The Morgan fingerprint density at radius 2 is 1.77 bits per heavy atom. The molecule has 6 heteroatoms. The van der Waals surface area contributed by atoms with Crippen molar-refractivity contribution >= 4 is 5.91 Å². The summed E-state index contributed by atoms with van der Waals surface area (Å²) in [4.78, 5) is 19.6. The predicted octanol–water partition coefficient (Wildman–Crippen LogP) is 5.01. The number of amides is 1. The number of halogens is 1. The van der Waals surface area contributed by atoms with Gasteiger partial charge in [0.2, 0.25) is 0 Å². The Bertz CT molecular complexity index is 1110. The van der Waals surface area contributed by atoms with Gasteiger partial charge in [-0.05, 0) is 55.0 Å². The highest BCUT2D eigenvalue weighted by atomic mass is 19.1. The molecule has 150 valence electrons. The Morgan fingerprint density at radius 1 is 1.03 bits per heavy atom. The predicted molar refractivity (Wildman–Crippen MR) is 113 cm³/mol. The number of rotatable bonds is 6. The molecule has 4 rings (SSSR count). The average molecular weight is 400 g/mol. The fourth-order valence-corrected chi connectivity index (χ4v) is 3.30. The second-order valence-corrected chi connectivity index (χ2v) is 7.02. The van der Waals surface area contributed by atoms with Gasteiger partial charge >= 0.3 is 0 Å². The first-order valence-corrected chi connectivity index (χ1v) is 9.69. The molecule has 0 bridgehead atoms. The molecule has 30 heavy (non-hydrogen) atoms. The van der Waals surface area contributed by atoms with Gasteiger partial charge in [0.15, 0.2) is 0 Å². The lowest BCUT2D eigenvalue weighted by atomic mass is 10.1. The van der Waals surface area contributed by atoms with Crippen LogP contribution >= 0.6 is 0 Å². The number of nitrogens with zero attached hydrogens (tertiary/aromatic N) is 3. The van der Waals surface area contributed by atoms with Crippen molar-refractivity contribution in [3.63, 3.8) is 0 Å². The van der Waals surface area contributed by atoms with Crippen LogP contribution in [0.4, 0.5) is 4.39 Å². The number of hydrogen-bond acceptors (Lipinski definition) is 3. The van der Waals surface area contributed by atoms with E-state index >= 15 is 0 Å². The normalized spacial score (nSPS) is 11.8. The highest BCUT2D eigenvalue weighted by Gasteiger charge is 2.25. The first kappa shape index (κ1) is 19.5. The minimum Gasteiger partial charge on any atom is -0.325 e. The van der Waals surface area contributed by atoms with Gasteiger partial charge in [0, 0.05) is 18.3 Å². The first-order chi connectivity index (χ1) is 14.6. The number of benzene rings is 2. The summed E-state index contributed by atoms with van der Waals surface area (Å²) in [5, 5.41) is 7.08. The Hall–Kier alpha value is -3.80. The van der Waals surface area contributed by atoms with Gasteiger partial charge in [0.05, 0.1) is 17.4 Å². The molecule has 0 aliphatic rings. The molecule has 1 N–H and O–H groups in total. The zero-order valence-corrected chi connectivity index (χ0v) is 16.5. The van der Waals surface area contributed by atoms with Crippen LogP contribution in [-0.2, 0) is 6.54 Å². The molecule has 0 aliphatic heterocycles. The Kier molecular flexibility index (Phi) is 5.66. The van der Waals surface area contributed by atoms with E-state index in [4.69, 9.17) is 0 Å². The van der Waals surface area contributed by atoms with Crippen molar-refractivity contribution in [1.82, 2.24) is 20.1 Å². The first-order valence-electron chi connectivity index (χ1n) is 9.69. The molecular weight excluding hydrogens is 379 g/mol. The molecule has 1 unspecified atom stereocenters. The van der Waals surface area contributed by atoms with Gasteiger partial charge in [0.25, 0.3) is 5.91 Å². The molecule has 1 amide bonds. The SMILES string of the molecule is CC(c1ccccn1)N(Cc1ccccc1)C(=O)c1cc(-c2ccc(F)cc2)n[nH]1. The molecule has 2 heterocycles. The maximum absolute atomic E-state index is 13.4. The highest BCUT2D eigenvalue weighted by Crippen LogP contribution is 2.25. The number of pyridine rings is 1. The largest absolute Gasteiger partial charge is 0.325 e. The fraction of sp³-hybridized carbons (Fsp3) is 0.125. The average Bonchev–Trinajstić information content (AvgIpc) is 3.29. The van der Waals surface area contributed by atoms with E-state index in [-0.39, 0.29) is 17.8 Å². The quantitative estimate of drug-likeness (QED) is 0.495. The summed E-state index contributed by atoms with van der Waals surface area (Å²) in [5.41, 5.74) is 3.52. The molecule has 0 saturated heterocycles. The minimum absolute atomic E-state index is 0.183. The molecule has 1 atom stereocenters. The van der Waals surface area contributed by atoms with Gasteiger partial charge in [-0.2, -0.15) is 5.10 Å². The van der Waals surface area contributed by atoms with E-state index in [1.54, 1.807) is 29.3 Å². The lowest BCUT2D eigenvalue weighted by Gasteiger charge is -2.28. The van der Waals surface area contributed by atoms with Gasteiger partial charge in [-0.3, -0.25) is 14.9 Å². The van der Waals surface area contributed by atoms with Gasteiger partial charge in [-0.15, -0.1) is 0 Å². The van der Waals surface area contributed by atoms with Crippen molar-refractivity contribution in [1.29, 1.82) is 0 Å². The standard InChI is InChI=1S/C24H21FN4O/c1-17(21-9-5-6-14-26-21)29(16-18-7-3-2-4-8-18)24(30)23-15-22(27-28-23)19-10-12-20(25)13-11-19/h2-15,17H,16H2,1H3,(H,27,28). The Balaban J connectivity index is 1.64. The van der Waals surface area contributed by atoms with Crippen LogP contribution in [-0.4, -0.2) is 26.0 Å². The molecular formula is C24H21FN4O. The molecule has 5 nitrogen and oxygen atoms in total. The minimum atomic E-state index is -0.316. The van der Waals surface area contributed by atoms with Crippen LogP contribution in [0.1, 0.15) is 34.7 Å². The number of nitrogens with one attached hydrogen (secondary N) is 1. The van der Waals surface area contributed by atoms with Crippen molar-refractivity contribution in [2.24, 2.45) is 0 Å². The number of carbonyl (C=O) groups excluding carboxylic acids is 1. The third kappa shape index (κ3) is 4.27. The Morgan fingerprint density at radius 3 is 2.47 bits per heavy atom. The number of H-pyrrole nitrogens is 1. The second-order valence-electron chi connectivity index (χ2n) is 7.02. The topological polar surface area (TPSA) is 61.9 Å². The number of carbonyl (C=O) groups is 1. The van der Waals surface area contributed by atoms with E-state index in [9.17, 15) is 9.18 Å². The maximum Gasteiger partial charge on any atom is 0.272 e. The van der Waals surface area contributed by atoms with Gasteiger partial charge < -0.3 is 4.90 Å². The van der Waals surface area contributed by atoms with Crippen LogP contribution in [0.25, 0.3) is 11.3 Å². The number of aromatic amines is 1. The summed E-state index contributed by atoms with van der Waals surface area (Å²) in [5.74, 6) is -0.498. The van der Waals surface area contributed by atoms with Crippen LogP contribution in [0.3, 0.4) is 0 Å². The second kappa shape index (κ2) is 8.69. The van der Waals surface area contributed by atoms with E-state index in [1.165, 1.54) is 12.1 Å². The summed E-state index contributed by atoms with van der Waals surface area (Å²) in [6.07, 6.45) is 1.72. The zero-order chi connectivity index (χ0) is 20.9. The van der Waals surface area contributed by atoms with Gasteiger partial charge in [-0.1, -0.05) is 36.4 Å². The molecule has 0 aliphatic carbocycles. The maximum atomic E-state index is 13.4. The van der Waals surface area contributed by atoms with E-state index < -0.39 is 0 Å². The Labute approximate surface area is 174 Å². The van der Waals surface area contributed by atoms with E-state index in [0.29, 0.717) is 17.9 Å². The van der Waals surface area contributed by atoms with E-state index in [2.05, 4.69) is 15.2 Å². The van der Waals surface area contributed by atoms with Crippen LogP contribution in [0, 0.1) is 5.82 Å². The van der Waals surface area contributed by atoms with Crippen molar-refractivity contribution < 1.29 is 9.18 Å². The van der Waals surface area contributed by atoms with Crippen LogP contribution in [0.5, 0.6) is 0 Å². The smallest absolute Gasteiger partial charge is 0.272 e. The lowest BCUT2D eigenvalue weighted by Crippen LogP contribution is -2.33. The molecule has 2 aromatic carbocycles. The fourth-order valence-electron chi connectivity index (χ4n) is 3.30. The summed E-state index contributed by atoms with van der Waals surface area (Å²) in [6.45, 7) is 2.39. The third-order valence-electron chi connectivity index (χ3n) is 4.99. The summed E-state index contributed by atoms with van der Waals surface area (Å²) in [6, 6.07) is 23.0. The van der Waals surface area contributed by atoms with Crippen LogP contribution < -0.4 is 0 Å². The van der Waals surface area contributed by atoms with Crippen molar-refractivity contribution in [2.75, 3.05) is 0 Å². The van der Waals surface area contributed by atoms with Crippen molar-refractivity contribution in [3.8, 4) is 11.3 Å². The molecule has 0 radical (unpaired) electrons. The van der Waals surface area contributed by atoms with Crippen molar-refractivity contribution in [3.05, 3.63) is 108 Å². The molecule has 0 spiro atoms. The van der Waals surface area contributed by atoms with Gasteiger partial charge in [-0.25, -0.2) is 4.39 Å². The van der Waals surface area contributed by atoms with Gasteiger partial charge in [0.1, 0.15) is 11.5 Å². The highest BCUT2D eigenvalue weighted by molar-refractivity contribution is 5.93. The summed E-state index contributed by atoms with van der Waals surface area (Å²) < 4.78 is 13.2. The lowest BCUT2D eigenvalue weighted by molar-refractivity contribution is 0.0664. The molecule has 0 fully saturated rings. The zero-order valence-electron chi connectivity index (χ0n) is 16.5. The van der Waals surface area contributed by atoms with Crippen LogP contribution in [0.2, 0.25) is 0 Å². The van der Waals surface area contributed by atoms with E-state index in [0.717, 1.165) is 16.8 Å². The summed E-state index contributed by atoms with van der Waals surface area (Å²) >= 11 is 0.